The number of rotatable bonds is 6. The normalized spacial score (nSPS) is 14.8. The van der Waals surface area contributed by atoms with Gasteiger partial charge in [0.05, 0.1) is 0 Å². The van der Waals surface area contributed by atoms with Crippen molar-refractivity contribution in [2.24, 2.45) is 0 Å². The first-order chi connectivity index (χ1) is 17.3. The molecule has 0 radical (unpaired) electrons. The monoisotopic (exact) mass is 486 g/mol. The molecule has 1 fully saturated rings. The van der Waals surface area contributed by atoms with Gasteiger partial charge in [0.1, 0.15) is 5.39 Å². The molecule has 0 aliphatic carbocycles. The molecule has 1 saturated heterocycles. The summed E-state index contributed by atoms with van der Waals surface area (Å²) in [6.07, 6.45) is 1.60. The van der Waals surface area contributed by atoms with Gasteiger partial charge in [-0.15, -0.1) is 0 Å². The molecule has 1 aromatic carbocycles. The summed E-state index contributed by atoms with van der Waals surface area (Å²) in [4.78, 5) is 32.1. The SMILES string of the molecule is CC(C)c1cccc(-n2c3nc(Nc4ccc(N5CCN(C)CC5)cc4)ncc3c(=O)n2C(C)C)n1. The minimum absolute atomic E-state index is 0.0743. The number of nitrogens with zero attached hydrogens (tertiary/aromatic N) is 7. The van der Waals surface area contributed by atoms with Gasteiger partial charge in [0.15, 0.2) is 11.5 Å². The molecule has 4 heterocycles. The predicted octanol–water partition coefficient (Wildman–Crippen LogP) is 4.18. The molecule has 0 saturated carbocycles. The molecular formula is C27H34N8O. The first-order valence-electron chi connectivity index (χ1n) is 12.6. The second kappa shape index (κ2) is 9.73. The maximum atomic E-state index is 13.3. The van der Waals surface area contributed by atoms with E-state index in [0.717, 1.165) is 37.6 Å². The highest BCUT2D eigenvalue weighted by molar-refractivity contribution is 5.77. The minimum Gasteiger partial charge on any atom is -0.369 e. The van der Waals surface area contributed by atoms with E-state index in [1.54, 1.807) is 10.9 Å². The highest BCUT2D eigenvalue weighted by Gasteiger charge is 2.21. The first kappa shape index (κ1) is 24.0. The van der Waals surface area contributed by atoms with Crippen LogP contribution in [-0.4, -0.2) is 62.4 Å². The van der Waals surface area contributed by atoms with Gasteiger partial charge < -0.3 is 15.1 Å². The number of hydrogen-bond acceptors (Lipinski definition) is 7. The van der Waals surface area contributed by atoms with Crippen molar-refractivity contribution in [1.29, 1.82) is 0 Å². The van der Waals surface area contributed by atoms with Crippen LogP contribution in [0.4, 0.5) is 17.3 Å². The van der Waals surface area contributed by atoms with Crippen molar-refractivity contribution >= 4 is 28.4 Å². The van der Waals surface area contributed by atoms with Gasteiger partial charge in [-0.2, -0.15) is 4.98 Å². The average Bonchev–Trinajstić information content (AvgIpc) is 3.17. The van der Waals surface area contributed by atoms with Crippen LogP contribution < -0.4 is 15.8 Å². The quantitative estimate of drug-likeness (QED) is 0.438. The molecule has 5 rings (SSSR count). The van der Waals surface area contributed by atoms with Crippen LogP contribution >= 0.6 is 0 Å². The highest BCUT2D eigenvalue weighted by Crippen LogP contribution is 2.23. The molecule has 36 heavy (non-hydrogen) atoms. The fourth-order valence-corrected chi connectivity index (χ4v) is 4.57. The van der Waals surface area contributed by atoms with Crippen molar-refractivity contribution < 1.29 is 0 Å². The topological polar surface area (TPSA) is 84.1 Å². The van der Waals surface area contributed by atoms with Gasteiger partial charge in [0.25, 0.3) is 5.56 Å². The zero-order chi connectivity index (χ0) is 25.4. The van der Waals surface area contributed by atoms with E-state index in [2.05, 4.69) is 53.1 Å². The van der Waals surface area contributed by atoms with E-state index in [1.807, 2.05) is 48.9 Å². The molecule has 0 amide bonds. The Morgan fingerprint density at radius 3 is 2.31 bits per heavy atom. The predicted molar refractivity (Wildman–Crippen MR) is 145 cm³/mol. The summed E-state index contributed by atoms with van der Waals surface area (Å²) in [7, 11) is 2.16. The maximum Gasteiger partial charge on any atom is 0.278 e. The number of fused-ring (bicyclic) bond motifs is 1. The third-order valence-electron chi connectivity index (χ3n) is 6.67. The molecule has 1 aliphatic heterocycles. The summed E-state index contributed by atoms with van der Waals surface area (Å²) in [6.45, 7) is 12.4. The molecule has 9 nitrogen and oxygen atoms in total. The van der Waals surface area contributed by atoms with Gasteiger partial charge in [0.2, 0.25) is 5.95 Å². The Balaban J connectivity index is 1.49. The maximum absolute atomic E-state index is 13.3. The molecule has 1 aliphatic rings. The summed E-state index contributed by atoms with van der Waals surface area (Å²) in [5.41, 5.74) is 3.48. The molecule has 3 aromatic heterocycles. The van der Waals surface area contributed by atoms with Crippen molar-refractivity contribution in [3.63, 3.8) is 0 Å². The van der Waals surface area contributed by atoms with Gasteiger partial charge in [-0.3, -0.25) is 4.79 Å². The molecule has 1 N–H and O–H groups in total. The van der Waals surface area contributed by atoms with E-state index in [1.165, 1.54) is 5.69 Å². The Morgan fingerprint density at radius 1 is 0.917 bits per heavy atom. The average molecular weight is 487 g/mol. The Bertz CT molecular complexity index is 1410. The van der Waals surface area contributed by atoms with E-state index in [9.17, 15) is 4.79 Å². The summed E-state index contributed by atoms with van der Waals surface area (Å²) >= 11 is 0. The van der Waals surface area contributed by atoms with Crippen molar-refractivity contribution in [3.8, 4) is 5.82 Å². The third-order valence-corrected chi connectivity index (χ3v) is 6.67. The molecule has 9 heteroatoms. The number of hydrogen-bond donors (Lipinski definition) is 1. The van der Waals surface area contributed by atoms with Crippen molar-refractivity contribution in [3.05, 3.63) is 64.7 Å². The van der Waals surface area contributed by atoms with E-state index in [-0.39, 0.29) is 17.5 Å². The van der Waals surface area contributed by atoms with Crippen LogP contribution in [0.5, 0.6) is 0 Å². The lowest BCUT2D eigenvalue weighted by Gasteiger charge is -2.34. The summed E-state index contributed by atoms with van der Waals surface area (Å²) in [5, 5.41) is 3.77. The van der Waals surface area contributed by atoms with Crippen LogP contribution in [0.15, 0.2) is 53.5 Å². The van der Waals surface area contributed by atoms with Crippen molar-refractivity contribution in [2.75, 3.05) is 43.4 Å². The molecule has 4 aromatic rings. The zero-order valence-electron chi connectivity index (χ0n) is 21.6. The van der Waals surface area contributed by atoms with E-state index < -0.39 is 0 Å². The minimum atomic E-state index is -0.125. The van der Waals surface area contributed by atoms with E-state index >= 15 is 0 Å². The number of piperazine rings is 1. The Hall–Kier alpha value is -3.72. The second-order valence-corrected chi connectivity index (χ2v) is 10.0. The molecule has 0 spiro atoms. The lowest BCUT2D eigenvalue weighted by molar-refractivity contribution is 0.313. The third kappa shape index (κ3) is 4.58. The number of benzene rings is 1. The van der Waals surface area contributed by atoms with Crippen LogP contribution in [0.1, 0.15) is 45.3 Å². The van der Waals surface area contributed by atoms with Gasteiger partial charge in [-0.25, -0.2) is 19.3 Å². The Labute approximate surface area is 211 Å². The van der Waals surface area contributed by atoms with Crippen LogP contribution in [0.2, 0.25) is 0 Å². The second-order valence-electron chi connectivity index (χ2n) is 10.0. The molecule has 0 unspecified atom stereocenters. The number of pyridine rings is 1. The molecule has 188 valence electrons. The Kier molecular flexibility index (Phi) is 6.49. The molecule has 0 bridgehead atoms. The van der Waals surface area contributed by atoms with Crippen LogP contribution in [-0.2, 0) is 0 Å². The van der Waals surface area contributed by atoms with Crippen LogP contribution in [0, 0.1) is 0 Å². The van der Waals surface area contributed by atoms with Crippen molar-refractivity contribution in [1.82, 2.24) is 29.2 Å². The van der Waals surface area contributed by atoms with Crippen molar-refractivity contribution in [2.45, 2.75) is 39.7 Å². The largest absolute Gasteiger partial charge is 0.369 e. The number of aromatic nitrogens is 5. The standard InChI is InChI=1S/C27H34N8O/c1-18(2)23-7-6-8-24(30-23)35-25-22(26(36)34(35)19(3)4)17-28-27(31-25)29-20-9-11-21(12-10-20)33-15-13-32(5)14-16-33/h6-12,17-19H,13-16H2,1-5H3,(H,28,29,31). The summed E-state index contributed by atoms with van der Waals surface area (Å²) in [6, 6.07) is 14.2. The van der Waals surface area contributed by atoms with Crippen LogP contribution in [0.3, 0.4) is 0 Å². The molecule has 0 atom stereocenters. The fourth-order valence-electron chi connectivity index (χ4n) is 4.57. The summed E-state index contributed by atoms with van der Waals surface area (Å²) in [5.74, 6) is 1.37. The highest BCUT2D eigenvalue weighted by atomic mass is 16.1. The lowest BCUT2D eigenvalue weighted by atomic mass is 10.1. The van der Waals surface area contributed by atoms with Gasteiger partial charge in [-0.05, 0) is 63.2 Å². The van der Waals surface area contributed by atoms with Gasteiger partial charge >= 0.3 is 0 Å². The number of likely N-dealkylation sites (N-methyl/N-ethyl adjacent to an activating group) is 1. The molecular weight excluding hydrogens is 452 g/mol. The first-order valence-corrected chi connectivity index (χ1v) is 12.6. The fraction of sp³-hybridized carbons (Fsp3) is 0.407. The van der Waals surface area contributed by atoms with Gasteiger partial charge in [0, 0.05) is 55.5 Å². The Morgan fingerprint density at radius 2 is 1.64 bits per heavy atom. The van der Waals surface area contributed by atoms with Gasteiger partial charge in [-0.1, -0.05) is 19.9 Å². The zero-order valence-corrected chi connectivity index (χ0v) is 21.6. The van der Waals surface area contributed by atoms with Crippen LogP contribution in [0.25, 0.3) is 16.9 Å². The van der Waals surface area contributed by atoms with E-state index in [0.29, 0.717) is 22.8 Å². The number of anilines is 3. The number of nitrogens with one attached hydrogen (secondary N) is 1. The smallest absolute Gasteiger partial charge is 0.278 e. The van der Waals surface area contributed by atoms with E-state index in [4.69, 9.17) is 9.97 Å². The summed E-state index contributed by atoms with van der Waals surface area (Å²) < 4.78 is 3.51. The lowest BCUT2D eigenvalue weighted by Crippen LogP contribution is -2.44.